The second-order valence-corrected chi connectivity index (χ2v) is 10.0. The van der Waals surface area contributed by atoms with Crippen LogP contribution in [0.1, 0.15) is 37.8 Å². The van der Waals surface area contributed by atoms with E-state index in [2.05, 4.69) is 46.3 Å². The van der Waals surface area contributed by atoms with E-state index in [0.29, 0.717) is 18.5 Å². The van der Waals surface area contributed by atoms with E-state index in [1.54, 1.807) is 0 Å². The van der Waals surface area contributed by atoms with Crippen LogP contribution in [-0.2, 0) is 10.0 Å². The number of benzene rings is 1. The van der Waals surface area contributed by atoms with Crippen molar-refractivity contribution in [3.05, 3.63) is 34.2 Å². The van der Waals surface area contributed by atoms with Gasteiger partial charge >= 0.3 is 0 Å². The number of guanidine groups is 1. The SMILES string of the molecule is NC(=NCCNc1nonc1C(=Nc1ccc(F)c(Br)c1)NO)NS(=O)(=O)C1CCCCC1. The Hall–Kier alpha value is -2.78. The van der Waals surface area contributed by atoms with Crippen LogP contribution >= 0.6 is 15.9 Å². The fourth-order valence-electron chi connectivity index (χ4n) is 3.26. The molecule has 180 valence electrons. The maximum atomic E-state index is 13.4. The number of hydroxylamine groups is 1. The van der Waals surface area contributed by atoms with Gasteiger partial charge in [0.25, 0.3) is 0 Å². The molecule has 15 heteroatoms. The van der Waals surface area contributed by atoms with Gasteiger partial charge in [-0.3, -0.25) is 20.4 Å². The molecular formula is C18H24BrFN8O4S. The lowest BCUT2D eigenvalue weighted by molar-refractivity contribution is 0.234. The lowest BCUT2D eigenvalue weighted by Gasteiger charge is -2.22. The smallest absolute Gasteiger partial charge is 0.237 e. The zero-order valence-corrected chi connectivity index (χ0v) is 19.9. The normalized spacial score (nSPS) is 16.0. The fraction of sp³-hybridized carbons (Fsp3) is 0.444. The molecule has 0 radical (unpaired) electrons. The van der Waals surface area contributed by atoms with Crippen molar-refractivity contribution in [1.29, 1.82) is 0 Å². The predicted octanol–water partition coefficient (Wildman–Crippen LogP) is 2.01. The summed E-state index contributed by atoms with van der Waals surface area (Å²) in [5.74, 6) is -0.602. The molecule has 33 heavy (non-hydrogen) atoms. The Kier molecular flexibility index (Phi) is 8.57. The summed E-state index contributed by atoms with van der Waals surface area (Å²) in [6.07, 6.45) is 4.04. The highest BCUT2D eigenvalue weighted by Crippen LogP contribution is 2.24. The third-order valence-electron chi connectivity index (χ3n) is 4.89. The minimum Gasteiger partial charge on any atom is -0.369 e. The molecule has 1 aromatic carbocycles. The predicted molar refractivity (Wildman–Crippen MR) is 123 cm³/mol. The third kappa shape index (κ3) is 6.85. The van der Waals surface area contributed by atoms with E-state index in [9.17, 15) is 18.0 Å². The first-order valence-corrected chi connectivity index (χ1v) is 12.5. The van der Waals surface area contributed by atoms with Crippen molar-refractivity contribution in [1.82, 2.24) is 20.5 Å². The van der Waals surface area contributed by atoms with Crippen LogP contribution in [0.15, 0.2) is 37.3 Å². The summed E-state index contributed by atoms with van der Waals surface area (Å²) in [7, 11) is -3.56. The number of halogens is 2. The molecule has 1 saturated carbocycles. The lowest BCUT2D eigenvalue weighted by atomic mass is 10.0. The first-order chi connectivity index (χ1) is 15.8. The summed E-state index contributed by atoms with van der Waals surface area (Å²) in [6, 6.07) is 4.03. The van der Waals surface area contributed by atoms with Crippen molar-refractivity contribution < 1.29 is 22.6 Å². The Bertz CT molecular complexity index is 1120. The van der Waals surface area contributed by atoms with Crippen molar-refractivity contribution in [2.45, 2.75) is 37.4 Å². The molecule has 3 rings (SSSR count). The molecule has 1 aliphatic carbocycles. The number of nitrogens with zero attached hydrogens (tertiary/aromatic N) is 4. The number of sulfonamides is 1. The maximum Gasteiger partial charge on any atom is 0.237 e. The highest BCUT2D eigenvalue weighted by molar-refractivity contribution is 9.10. The molecular weight excluding hydrogens is 523 g/mol. The van der Waals surface area contributed by atoms with E-state index in [4.69, 9.17) is 10.4 Å². The number of nitrogens with one attached hydrogen (secondary N) is 3. The Balaban J connectivity index is 1.58. The maximum absolute atomic E-state index is 13.4. The average Bonchev–Trinajstić information content (AvgIpc) is 3.26. The number of hydrogen-bond donors (Lipinski definition) is 5. The van der Waals surface area contributed by atoms with Crippen LogP contribution in [0.5, 0.6) is 0 Å². The van der Waals surface area contributed by atoms with E-state index in [1.165, 1.54) is 18.2 Å². The van der Waals surface area contributed by atoms with Crippen LogP contribution < -0.4 is 21.3 Å². The minimum atomic E-state index is -3.56. The van der Waals surface area contributed by atoms with Gasteiger partial charge in [0, 0.05) is 6.54 Å². The van der Waals surface area contributed by atoms with Gasteiger partial charge in [-0.05, 0) is 57.3 Å². The molecule has 1 aliphatic rings. The number of aromatic nitrogens is 2. The average molecular weight is 547 g/mol. The number of hydrogen-bond acceptors (Lipinski definition) is 9. The van der Waals surface area contributed by atoms with Crippen LogP contribution in [0.25, 0.3) is 0 Å². The summed E-state index contributed by atoms with van der Waals surface area (Å²) in [5.41, 5.74) is 8.03. The van der Waals surface area contributed by atoms with E-state index in [1.807, 2.05) is 5.48 Å². The number of amidine groups is 1. The second kappa shape index (κ2) is 11.4. The zero-order valence-electron chi connectivity index (χ0n) is 17.5. The van der Waals surface area contributed by atoms with Crippen LogP contribution in [0.2, 0.25) is 0 Å². The fourth-order valence-corrected chi connectivity index (χ4v) is 5.11. The summed E-state index contributed by atoms with van der Waals surface area (Å²) in [4.78, 5) is 8.17. The van der Waals surface area contributed by atoms with Crippen molar-refractivity contribution in [3.8, 4) is 0 Å². The molecule has 1 heterocycles. The van der Waals surface area contributed by atoms with Gasteiger partial charge in [0.2, 0.25) is 21.8 Å². The molecule has 0 amide bonds. The van der Waals surface area contributed by atoms with Gasteiger partial charge in [-0.15, -0.1) is 0 Å². The van der Waals surface area contributed by atoms with Gasteiger partial charge in [-0.2, -0.15) is 0 Å². The van der Waals surface area contributed by atoms with Crippen molar-refractivity contribution in [2.75, 3.05) is 18.4 Å². The molecule has 0 atom stereocenters. The number of aliphatic imine (C=N–C) groups is 2. The molecule has 6 N–H and O–H groups in total. The summed E-state index contributed by atoms with van der Waals surface area (Å²) < 4.78 is 45.4. The van der Waals surface area contributed by atoms with Crippen molar-refractivity contribution in [2.24, 2.45) is 15.7 Å². The van der Waals surface area contributed by atoms with Crippen LogP contribution in [0.3, 0.4) is 0 Å². The first-order valence-electron chi connectivity index (χ1n) is 10.1. The Morgan fingerprint density at radius 2 is 2.06 bits per heavy atom. The molecule has 12 nitrogen and oxygen atoms in total. The summed E-state index contributed by atoms with van der Waals surface area (Å²) >= 11 is 3.06. The number of anilines is 1. The molecule has 1 aromatic heterocycles. The first kappa shape index (κ1) is 24.9. The Morgan fingerprint density at radius 3 is 2.76 bits per heavy atom. The Labute approximate surface area is 198 Å². The van der Waals surface area contributed by atoms with Gasteiger partial charge in [-0.25, -0.2) is 22.4 Å². The van der Waals surface area contributed by atoms with Crippen molar-refractivity contribution in [3.63, 3.8) is 0 Å². The quantitative estimate of drug-likeness (QED) is 0.143. The van der Waals surface area contributed by atoms with Crippen LogP contribution in [-0.4, -0.2) is 54.1 Å². The van der Waals surface area contributed by atoms with Crippen molar-refractivity contribution >= 4 is 49.3 Å². The summed E-state index contributed by atoms with van der Waals surface area (Å²) in [6.45, 7) is 0.323. The number of rotatable bonds is 8. The third-order valence-corrected chi connectivity index (χ3v) is 7.34. The highest BCUT2D eigenvalue weighted by atomic mass is 79.9. The molecule has 2 aromatic rings. The van der Waals surface area contributed by atoms with E-state index in [0.717, 1.165) is 19.3 Å². The largest absolute Gasteiger partial charge is 0.369 e. The van der Waals surface area contributed by atoms with E-state index < -0.39 is 21.1 Å². The standard InChI is InChI=1S/C18H24BrFN8O4S/c19-13-10-11(6-7-14(13)20)24-17(25-29)15-16(27-32-26-15)22-8-9-23-18(21)28-33(30,31)12-4-2-1-3-5-12/h6-7,10,12,29H,1-5,8-9H2,(H,22,27)(H,24,25)(H3,21,23,28). The van der Waals surface area contributed by atoms with Gasteiger partial charge < -0.3 is 11.1 Å². The molecule has 1 fully saturated rings. The second-order valence-electron chi connectivity index (χ2n) is 7.23. The van der Waals surface area contributed by atoms with E-state index in [-0.39, 0.29) is 40.9 Å². The topological polar surface area (TPSA) is 180 Å². The summed E-state index contributed by atoms with van der Waals surface area (Å²) in [5, 5.41) is 19.3. The lowest BCUT2D eigenvalue weighted by Crippen LogP contribution is -2.43. The van der Waals surface area contributed by atoms with Gasteiger partial charge in [0.05, 0.1) is 22.0 Å². The van der Waals surface area contributed by atoms with Gasteiger partial charge in [0.15, 0.2) is 11.5 Å². The minimum absolute atomic E-state index is 0.0629. The van der Waals surface area contributed by atoms with Gasteiger partial charge in [-0.1, -0.05) is 19.3 Å². The molecule has 0 unspecified atom stereocenters. The van der Waals surface area contributed by atoms with E-state index >= 15 is 0 Å². The van der Waals surface area contributed by atoms with Crippen LogP contribution in [0, 0.1) is 5.82 Å². The number of nitrogens with two attached hydrogens (primary N) is 1. The molecule has 0 bridgehead atoms. The molecule has 0 saturated heterocycles. The zero-order chi connectivity index (χ0) is 23.8. The highest BCUT2D eigenvalue weighted by Gasteiger charge is 2.27. The van der Waals surface area contributed by atoms with Gasteiger partial charge in [0.1, 0.15) is 5.82 Å². The van der Waals surface area contributed by atoms with Crippen LogP contribution in [0.4, 0.5) is 15.9 Å². The molecule has 0 aliphatic heterocycles. The molecule has 0 spiro atoms. The monoisotopic (exact) mass is 546 g/mol. The Morgan fingerprint density at radius 1 is 1.30 bits per heavy atom.